The van der Waals surface area contributed by atoms with Crippen LogP contribution in [0.3, 0.4) is 0 Å². The average Bonchev–Trinajstić information content (AvgIpc) is 3.62. The van der Waals surface area contributed by atoms with Gasteiger partial charge in [-0.3, -0.25) is 0 Å². The normalized spacial score (nSPS) is 10.9. The third-order valence-electron chi connectivity index (χ3n) is 15.0. The van der Waals surface area contributed by atoms with E-state index in [-0.39, 0.29) is 0 Å². The molecule has 390 valence electrons. The summed E-state index contributed by atoms with van der Waals surface area (Å²) in [5.74, 6) is 0. The van der Waals surface area contributed by atoms with Gasteiger partial charge in [-0.25, -0.2) is 0 Å². The molecule has 0 bridgehead atoms. The molecule has 13 aromatic rings. The summed E-state index contributed by atoms with van der Waals surface area (Å²) in [5.41, 5.74) is 22.4. The Morgan fingerprint density at radius 3 is 0.476 bits per heavy atom. The van der Waals surface area contributed by atoms with E-state index in [0.717, 1.165) is 96.1 Å². The van der Waals surface area contributed by atoms with Gasteiger partial charge in [0.05, 0.1) is 0 Å². The Labute approximate surface area is 481 Å². The molecular weight excluding hydrogens is 993 g/mol. The second-order valence-electron chi connectivity index (χ2n) is 20.2. The zero-order valence-electron chi connectivity index (χ0n) is 45.3. The minimum absolute atomic E-state index is 1.07. The largest absolute Gasteiger partial charge is 0.311 e. The topological polar surface area (TPSA) is 13.0 Å². The van der Waals surface area contributed by atoms with E-state index in [1.165, 1.54) is 16.7 Å². The average molecular weight is 1050 g/mol. The predicted molar refractivity (Wildman–Crippen MR) is 347 cm³/mol. The van der Waals surface area contributed by atoms with Crippen molar-refractivity contribution in [2.75, 3.05) is 19.6 Å². The fourth-order valence-electron chi connectivity index (χ4n) is 11.0. The third-order valence-corrected chi connectivity index (χ3v) is 15.0. The summed E-state index contributed by atoms with van der Waals surface area (Å²) in [6.45, 7) is 0. The van der Waals surface area contributed by atoms with Gasteiger partial charge in [0.25, 0.3) is 0 Å². The zero-order valence-corrected chi connectivity index (χ0v) is 45.3. The van der Waals surface area contributed by atoms with Crippen molar-refractivity contribution < 1.29 is 0 Å². The van der Waals surface area contributed by atoms with Gasteiger partial charge in [0.1, 0.15) is 0 Å². The first kappa shape index (κ1) is 50.6. The minimum Gasteiger partial charge on any atom is -0.311 e. The van der Waals surface area contributed by atoms with E-state index in [0.29, 0.717) is 0 Å². The molecule has 0 aliphatic carbocycles. The first-order valence-electron chi connectivity index (χ1n) is 27.9. The summed E-state index contributed by atoms with van der Waals surface area (Å²) < 4.78 is 0. The van der Waals surface area contributed by atoms with Gasteiger partial charge in [-0.05, 0) is 190 Å². The Bertz CT molecular complexity index is 4060. The number of benzene rings is 13. The van der Waals surface area contributed by atoms with E-state index >= 15 is 0 Å². The zero-order chi connectivity index (χ0) is 54.9. The molecule has 13 aromatic carbocycles. The Hall–Kier alpha value is -10.9. The van der Waals surface area contributed by atoms with Gasteiger partial charge in [-0.15, -0.1) is 0 Å². The number of hydrogen-bond acceptors (Lipinski definition) is 4. The molecule has 0 amide bonds. The predicted octanol–water partition coefficient (Wildman–Crippen LogP) is 22.2. The van der Waals surface area contributed by atoms with Gasteiger partial charge in [0, 0.05) is 68.2 Å². The third kappa shape index (κ3) is 10.9. The molecule has 4 nitrogen and oxygen atoms in total. The highest BCUT2D eigenvalue weighted by atomic mass is 15.2. The van der Waals surface area contributed by atoms with E-state index in [2.05, 4.69) is 371 Å². The lowest BCUT2D eigenvalue weighted by Gasteiger charge is -2.27. The second-order valence-corrected chi connectivity index (χ2v) is 20.2. The second kappa shape index (κ2) is 23.6. The van der Waals surface area contributed by atoms with Crippen molar-refractivity contribution in [1.29, 1.82) is 0 Å². The summed E-state index contributed by atoms with van der Waals surface area (Å²) in [6, 6.07) is 126. The molecule has 0 aliphatic heterocycles. The lowest BCUT2D eigenvalue weighted by molar-refractivity contribution is 1.28. The van der Waals surface area contributed by atoms with Crippen LogP contribution in [-0.4, -0.2) is 0 Å². The molecule has 4 heteroatoms. The maximum Gasteiger partial charge on any atom is 0.0467 e. The van der Waals surface area contributed by atoms with Crippen LogP contribution in [0.1, 0.15) is 0 Å². The van der Waals surface area contributed by atoms with Crippen LogP contribution in [0.4, 0.5) is 68.2 Å². The van der Waals surface area contributed by atoms with Gasteiger partial charge in [-0.2, -0.15) is 0 Å². The van der Waals surface area contributed by atoms with Crippen molar-refractivity contribution >= 4 is 68.2 Å². The number of anilines is 12. The first-order valence-corrected chi connectivity index (χ1v) is 27.9. The molecule has 0 radical (unpaired) electrons. The fourth-order valence-corrected chi connectivity index (χ4v) is 11.0. The molecule has 0 fully saturated rings. The van der Waals surface area contributed by atoms with E-state index in [4.69, 9.17) is 0 Å². The van der Waals surface area contributed by atoms with Crippen LogP contribution in [0, 0.1) is 0 Å². The van der Waals surface area contributed by atoms with Crippen LogP contribution in [0.2, 0.25) is 0 Å². The van der Waals surface area contributed by atoms with Crippen LogP contribution in [0.25, 0.3) is 44.5 Å². The molecule has 0 spiro atoms. The van der Waals surface area contributed by atoms with E-state index in [1.54, 1.807) is 0 Å². The lowest BCUT2D eigenvalue weighted by atomic mass is 9.99. The summed E-state index contributed by atoms with van der Waals surface area (Å²) >= 11 is 0. The summed E-state index contributed by atoms with van der Waals surface area (Å²) in [5, 5.41) is 0. The Morgan fingerprint density at radius 1 is 0.110 bits per heavy atom. The number of para-hydroxylation sites is 6. The molecule has 82 heavy (non-hydrogen) atoms. The van der Waals surface area contributed by atoms with Crippen LogP contribution in [0.15, 0.2) is 352 Å². The van der Waals surface area contributed by atoms with Crippen molar-refractivity contribution in [3.8, 4) is 44.5 Å². The smallest absolute Gasteiger partial charge is 0.0467 e. The number of hydrogen-bond donors (Lipinski definition) is 0. The Kier molecular flexibility index (Phi) is 14.5. The van der Waals surface area contributed by atoms with Gasteiger partial charge in [-0.1, -0.05) is 206 Å². The van der Waals surface area contributed by atoms with Crippen LogP contribution in [-0.2, 0) is 0 Å². The van der Waals surface area contributed by atoms with Gasteiger partial charge in [0.2, 0.25) is 0 Å². The standard InChI is InChI=1S/C78H58N4/c1-7-23-67(24-8-1)79(68-25-9-2-10-26-68)73-49-41-61(42-50-73)59-37-39-60(40-38-59)62-45-53-75(54-46-62)81(71-31-15-5-16-32-71)77-35-19-21-65(57-77)66-22-20-36-78(58-66)82(72-33-17-6-18-34-72)76-55-47-64(48-56-76)63-43-51-74(52-44-63)80(69-27-11-3-12-28-69)70-29-13-4-14-30-70/h1-58H. The van der Waals surface area contributed by atoms with Crippen LogP contribution >= 0.6 is 0 Å². The molecule has 13 rings (SSSR count). The van der Waals surface area contributed by atoms with Crippen LogP contribution in [0.5, 0.6) is 0 Å². The number of nitrogens with zero attached hydrogens (tertiary/aromatic N) is 4. The molecule has 0 unspecified atom stereocenters. The van der Waals surface area contributed by atoms with Crippen LogP contribution < -0.4 is 19.6 Å². The highest BCUT2D eigenvalue weighted by Crippen LogP contribution is 2.42. The molecule has 0 saturated heterocycles. The molecule has 0 saturated carbocycles. The van der Waals surface area contributed by atoms with Gasteiger partial charge < -0.3 is 19.6 Å². The van der Waals surface area contributed by atoms with Crippen molar-refractivity contribution in [1.82, 2.24) is 0 Å². The molecule has 0 atom stereocenters. The van der Waals surface area contributed by atoms with Crippen molar-refractivity contribution in [2.24, 2.45) is 0 Å². The van der Waals surface area contributed by atoms with Crippen molar-refractivity contribution in [2.45, 2.75) is 0 Å². The monoisotopic (exact) mass is 1050 g/mol. The SMILES string of the molecule is c1ccc(N(c2ccccc2)c2ccc(-c3ccc(-c4ccc(N(c5ccccc5)c5cccc(-c6cccc(N(c7ccccc7)c7ccc(-c8ccc(N(c9ccccc9)c9ccccc9)cc8)cc7)c6)c5)cc4)cc3)cc2)cc1. The highest BCUT2D eigenvalue weighted by molar-refractivity contribution is 5.86. The molecular formula is C78H58N4. The fraction of sp³-hybridized carbons (Fsp3) is 0. The minimum atomic E-state index is 1.07. The summed E-state index contributed by atoms with van der Waals surface area (Å²) in [6.07, 6.45) is 0. The van der Waals surface area contributed by atoms with Crippen molar-refractivity contribution in [3.05, 3.63) is 352 Å². The van der Waals surface area contributed by atoms with Gasteiger partial charge >= 0.3 is 0 Å². The summed E-state index contributed by atoms with van der Waals surface area (Å²) in [4.78, 5) is 9.27. The first-order chi connectivity index (χ1) is 40.7. The summed E-state index contributed by atoms with van der Waals surface area (Å²) in [7, 11) is 0. The van der Waals surface area contributed by atoms with Gasteiger partial charge in [0.15, 0.2) is 0 Å². The molecule has 0 aliphatic rings. The quantitative estimate of drug-likeness (QED) is 0.0956. The maximum absolute atomic E-state index is 2.34. The molecule has 0 N–H and O–H groups in total. The van der Waals surface area contributed by atoms with E-state index < -0.39 is 0 Å². The molecule has 0 aromatic heterocycles. The molecule has 0 heterocycles. The highest BCUT2D eigenvalue weighted by Gasteiger charge is 2.18. The number of rotatable bonds is 16. The maximum atomic E-state index is 2.34. The lowest BCUT2D eigenvalue weighted by Crippen LogP contribution is -2.10. The van der Waals surface area contributed by atoms with E-state index in [9.17, 15) is 0 Å². The Morgan fingerprint density at radius 2 is 0.268 bits per heavy atom. The Balaban J connectivity index is 0.749. The van der Waals surface area contributed by atoms with Crippen molar-refractivity contribution in [3.63, 3.8) is 0 Å². The van der Waals surface area contributed by atoms with E-state index in [1.807, 2.05) is 0 Å².